The number of pyridine rings is 1. The van der Waals surface area contributed by atoms with Crippen molar-refractivity contribution in [2.24, 2.45) is 5.92 Å². The zero-order valence-corrected chi connectivity index (χ0v) is 10.5. The first-order valence-corrected chi connectivity index (χ1v) is 5.44. The molecule has 10 nitrogen and oxygen atoms in total. The van der Waals surface area contributed by atoms with Gasteiger partial charge >= 0.3 is 22.8 Å². The second-order valence-electron chi connectivity index (χ2n) is 4.35. The van der Waals surface area contributed by atoms with Gasteiger partial charge in [-0.3, -0.25) is 25.0 Å². The van der Waals surface area contributed by atoms with E-state index in [2.05, 4.69) is 0 Å². The fraction of sp³-hybridized carbons (Fsp3) is 0.400. The van der Waals surface area contributed by atoms with E-state index in [4.69, 9.17) is 5.11 Å². The van der Waals surface area contributed by atoms with Crippen LogP contribution in [0.1, 0.15) is 19.9 Å². The van der Waals surface area contributed by atoms with Crippen LogP contribution in [0.5, 0.6) is 0 Å². The van der Waals surface area contributed by atoms with Crippen LogP contribution in [0.4, 0.5) is 11.4 Å². The normalized spacial score (nSPS) is 12.2. The number of nitrogens with zero attached hydrogens (tertiary/aromatic N) is 3. The average Bonchev–Trinajstić information content (AvgIpc) is 2.29. The van der Waals surface area contributed by atoms with E-state index >= 15 is 0 Å². The Hall–Kier alpha value is -2.78. The number of rotatable bonds is 5. The molecule has 0 fully saturated rings. The van der Waals surface area contributed by atoms with E-state index < -0.39 is 44.6 Å². The number of carboxylic acids is 1. The van der Waals surface area contributed by atoms with Crippen LogP contribution < -0.4 is 5.43 Å². The molecule has 1 atom stereocenters. The number of carbonyl (C=O) groups is 1. The van der Waals surface area contributed by atoms with E-state index in [1.807, 2.05) is 0 Å². The summed E-state index contributed by atoms with van der Waals surface area (Å²) in [7, 11) is 0. The summed E-state index contributed by atoms with van der Waals surface area (Å²) in [6, 6.07) is -1.26. The Bertz CT molecular complexity index is 596. The van der Waals surface area contributed by atoms with Crippen LogP contribution in [0.15, 0.2) is 17.2 Å². The van der Waals surface area contributed by atoms with Gasteiger partial charge in [0.1, 0.15) is 6.04 Å². The smallest absolute Gasteiger partial charge is 0.339 e. The second-order valence-corrected chi connectivity index (χ2v) is 4.35. The number of aromatic nitrogens is 1. The standard InChI is InChI=1S/C10H11N3O7/c1-5(2)8(10(15)16)11-3-6(12(17)18)9(14)7(4-11)13(19)20/h3-5,8H,1-2H3,(H,15,16)/t8-/m1/s1. The van der Waals surface area contributed by atoms with Gasteiger partial charge in [0.2, 0.25) is 0 Å². The van der Waals surface area contributed by atoms with E-state index in [1.54, 1.807) is 0 Å². The molecule has 0 radical (unpaired) electrons. The first-order valence-electron chi connectivity index (χ1n) is 5.44. The molecule has 1 N–H and O–H groups in total. The molecule has 0 aliphatic heterocycles. The lowest BCUT2D eigenvalue weighted by Gasteiger charge is -2.19. The quantitative estimate of drug-likeness (QED) is 0.625. The van der Waals surface area contributed by atoms with Crippen molar-refractivity contribution in [2.75, 3.05) is 0 Å². The maximum absolute atomic E-state index is 11.5. The Morgan fingerprint density at radius 2 is 1.60 bits per heavy atom. The van der Waals surface area contributed by atoms with Gasteiger partial charge < -0.3 is 9.67 Å². The zero-order chi connectivity index (χ0) is 15.6. The summed E-state index contributed by atoms with van der Waals surface area (Å²) in [4.78, 5) is 42.0. The first kappa shape index (κ1) is 15.3. The van der Waals surface area contributed by atoms with E-state index in [0.29, 0.717) is 12.4 Å². The highest BCUT2D eigenvalue weighted by atomic mass is 16.6. The molecular weight excluding hydrogens is 274 g/mol. The summed E-state index contributed by atoms with van der Waals surface area (Å²) in [5.41, 5.74) is -3.43. The Labute approximate surface area is 111 Å². The van der Waals surface area contributed by atoms with Gasteiger partial charge in [-0.15, -0.1) is 0 Å². The molecule has 20 heavy (non-hydrogen) atoms. The number of hydrogen-bond acceptors (Lipinski definition) is 6. The Balaban J connectivity index is 3.64. The summed E-state index contributed by atoms with van der Waals surface area (Å²) in [5.74, 6) is -1.80. The van der Waals surface area contributed by atoms with Crippen molar-refractivity contribution in [3.8, 4) is 0 Å². The minimum atomic E-state index is -1.36. The lowest BCUT2D eigenvalue weighted by atomic mass is 10.0. The highest BCUT2D eigenvalue weighted by Crippen LogP contribution is 2.22. The molecule has 1 aromatic rings. The average molecular weight is 285 g/mol. The molecule has 0 aliphatic carbocycles. The Morgan fingerprint density at radius 1 is 1.20 bits per heavy atom. The van der Waals surface area contributed by atoms with Crippen molar-refractivity contribution in [1.29, 1.82) is 0 Å². The molecule has 0 spiro atoms. The van der Waals surface area contributed by atoms with Gasteiger partial charge in [0, 0.05) is 0 Å². The fourth-order valence-corrected chi connectivity index (χ4v) is 1.75. The van der Waals surface area contributed by atoms with Crippen LogP contribution >= 0.6 is 0 Å². The first-order chi connectivity index (χ1) is 9.16. The van der Waals surface area contributed by atoms with Gasteiger partial charge in [0.15, 0.2) is 0 Å². The van der Waals surface area contributed by atoms with E-state index in [9.17, 15) is 29.8 Å². The maximum Gasteiger partial charge on any atom is 0.339 e. The summed E-state index contributed by atoms with van der Waals surface area (Å²) < 4.78 is 0.810. The van der Waals surface area contributed by atoms with Gasteiger partial charge in [-0.25, -0.2) is 4.79 Å². The molecule has 0 unspecified atom stereocenters. The summed E-state index contributed by atoms with van der Waals surface area (Å²) in [6.07, 6.45) is 1.40. The highest BCUT2D eigenvalue weighted by molar-refractivity contribution is 5.72. The molecular formula is C10H11N3O7. The topological polar surface area (TPSA) is 146 Å². The third-order valence-corrected chi connectivity index (χ3v) is 2.61. The Kier molecular flexibility index (Phi) is 4.17. The van der Waals surface area contributed by atoms with E-state index in [0.717, 1.165) is 4.57 Å². The van der Waals surface area contributed by atoms with E-state index in [1.165, 1.54) is 13.8 Å². The molecule has 1 heterocycles. The van der Waals surface area contributed by atoms with Gasteiger partial charge in [-0.2, -0.15) is 0 Å². The molecule has 10 heteroatoms. The minimum absolute atomic E-state index is 0.491. The molecule has 0 saturated carbocycles. The van der Waals surface area contributed by atoms with Crippen molar-refractivity contribution in [2.45, 2.75) is 19.9 Å². The third kappa shape index (κ3) is 2.79. The SMILES string of the molecule is CC(C)[C@H](C(=O)O)n1cc([N+](=O)[O-])c(=O)c([N+](=O)[O-])c1. The molecule has 0 bridgehead atoms. The van der Waals surface area contributed by atoms with Crippen molar-refractivity contribution in [1.82, 2.24) is 4.57 Å². The molecule has 108 valence electrons. The zero-order valence-electron chi connectivity index (χ0n) is 10.5. The largest absolute Gasteiger partial charge is 0.480 e. The van der Waals surface area contributed by atoms with Crippen LogP contribution in [-0.4, -0.2) is 25.5 Å². The molecule has 0 aromatic carbocycles. The van der Waals surface area contributed by atoms with Crippen molar-refractivity contribution < 1.29 is 19.7 Å². The second kappa shape index (κ2) is 5.47. The molecule has 1 rings (SSSR count). The third-order valence-electron chi connectivity index (χ3n) is 2.61. The van der Waals surface area contributed by atoms with Crippen LogP contribution in [0, 0.1) is 26.1 Å². The van der Waals surface area contributed by atoms with Crippen molar-refractivity contribution >= 4 is 17.3 Å². The van der Waals surface area contributed by atoms with Crippen LogP contribution in [0.25, 0.3) is 0 Å². The van der Waals surface area contributed by atoms with Gasteiger partial charge in [-0.05, 0) is 5.92 Å². The van der Waals surface area contributed by atoms with Crippen molar-refractivity contribution in [3.05, 3.63) is 42.8 Å². The molecule has 1 aromatic heterocycles. The molecule has 0 saturated heterocycles. The predicted octanol–water partition coefficient (Wildman–Crippen LogP) is 0.946. The minimum Gasteiger partial charge on any atom is -0.480 e. The van der Waals surface area contributed by atoms with Gasteiger partial charge in [0.25, 0.3) is 0 Å². The summed E-state index contributed by atoms with van der Waals surface area (Å²) in [6.45, 7) is 3.07. The van der Waals surface area contributed by atoms with Crippen LogP contribution in [0.3, 0.4) is 0 Å². The van der Waals surface area contributed by atoms with E-state index in [-0.39, 0.29) is 0 Å². The van der Waals surface area contributed by atoms with Gasteiger partial charge in [0.05, 0.1) is 22.2 Å². The lowest BCUT2D eigenvalue weighted by Crippen LogP contribution is -2.26. The number of hydrogen-bond donors (Lipinski definition) is 1. The Morgan fingerprint density at radius 3 is 1.85 bits per heavy atom. The highest BCUT2D eigenvalue weighted by Gasteiger charge is 2.30. The van der Waals surface area contributed by atoms with Gasteiger partial charge in [-0.1, -0.05) is 13.8 Å². The van der Waals surface area contributed by atoms with Crippen LogP contribution in [-0.2, 0) is 4.79 Å². The molecule has 0 amide bonds. The maximum atomic E-state index is 11.5. The summed E-state index contributed by atoms with van der Waals surface area (Å²) >= 11 is 0. The molecule has 0 aliphatic rings. The number of nitro groups is 2. The number of aliphatic carboxylic acids is 1. The summed E-state index contributed by atoms with van der Waals surface area (Å²) in [5, 5.41) is 30.6. The number of carboxylic acid groups (broad SMARTS) is 1. The fourth-order valence-electron chi connectivity index (χ4n) is 1.75. The monoisotopic (exact) mass is 285 g/mol. The van der Waals surface area contributed by atoms with Crippen molar-refractivity contribution in [3.63, 3.8) is 0 Å². The predicted molar refractivity (Wildman–Crippen MR) is 65.5 cm³/mol. The lowest BCUT2D eigenvalue weighted by molar-refractivity contribution is -0.397. The van der Waals surface area contributed by atoms with Crippen LogP contribution in [0.2, 0.25) is 0 Å².